The number of rotatable bonds is 6. The minimum absolute atomic E-state index is 0.248. The summed E-state index contributed by atoms with van der Waals surface area (Å²) in [5.41, 5.74) is 1.31. The third-order valence-electron chi connectivity index (χ3n) is 2.74. The smallest absolute Gasteiger partial charge is 0.122 e. The zero-order valence-electron chi connectivity index (χ0n) is 10.2. The number of nitrogens with one attached hydrogen (secondary N) is 1. The van der Waals surface area contributed by atoms with Crippen molar-refractivity contribution in [2.24, 2.45) is 0 Å². The van der Waals surface area contributed by atoms with Crippen molar-refractivity contribution in [1.29, 1.82) is 0 Å². The molecule has 0 unspecified atom stereocenters. The van der Waals surface area contributed by atoms with Gasteiger partial charge >= 0.3 is 0 Å². The van der Waals surface area contributed by atoms with Crippen LogP contribution in [0.2, 0.25) is 0 Å². The SMILES string of the molecule is CC(C)Oc1ccccc1CCNC1CC1. The quantitative estimate of drug-likeness (QED) is 0.794. The maximum atomic E-state index is 5.79. The zero-order chi connectivity index (χ0) is 11.4. The van der Waals surface area contributed by atoms with E-state index in [0.29, 0.717) is 0 Å². The Bertz CT molecular complexity index is 331. The van der Waals surface area contributed by atoms with Gasteiger partial charge in [0.2, 0.25) is 0 Å². The molecule has 0 bridgehead atoms. The summed E-state index contributed by atoms with van der Waals surface area (Å²) in [5.74, 6) is 1.04. The molecule has 1 saturated carbocycles. The lowest BCUT2D eigenvalue weighted by Gasteiger charge is -2.14. The van der Waals surface area contributed by atoms with Crippen LogP contribution in [-0.2, 0) is 6.42 Å². The van der Waals surface area contributed by atoms with E-state index in [1.54, 1.807) is 0 Å². The van der Waals surface area contributed by atoms with Crippen LogP contribution in [0.4, 0.5) is 0 Å². The zero-order valence-corrected chi connectivity index (χ0v) is 10.2. The second-order valence-electron chi connectivity index (χ2n) is 4.75. The van der Waals surface area contributed by atoms with Gasteiger partial charge in [-0.05, 0) is 51.3 Å². The van der Waals surface area contributed by atoms with Crippen molar-refractivity contribution in [3.05, 3.63) is 29.8 Å². The maximum absolute atomic E-state index is 5.79. The summed E-state index contributed by atoms with van der Waals surface area (Å²) < 4.78 is 5.79. The van der Waals surface area contributed by atoms with Gasteiger partial charge in [-0.3, -0.25) is 0 Å². The van der Waals surface area contributed by atoms with Gasteiger partial charge in [-0.2, -0.15) is 0 Å². The molecule has 0 heterocycles. The van der Waals surface area contributed by atoms with Crippen molar-refractivity contribution in [3.63, 3.8) is 0 Å². The molecule has 1 N–H and O–H groups in total. The Morgan fingerprint density at radius 3 is 2.75 bits per heavy atom. The first-order chi connectivity index (χ1) is 7.75. The minimum atomic E-state index is 0.248. The van der Waals surface area contributed by atoms with Crippen LogP contribution in [0.1, 0.15) is 32.3 Å². The maximum Gasteiger partial charge on any atom is 0.122 e. The molecule has 16 heavy (non-hydrogen) atoms. The summed E-state index contributed by atoms with van der Waals surface area (Å²) in [7, 11) is 0. The van der Waals surface area contributed by atoms with Crippen molar-refractivity contribution in [3.8, 4) is 5.75 Å². The summed E-state index contributed by atoms with van der Waals surface area (Å²) >= 11 is 0. The van der Waals surface area contributed by atoms with E-state index in [-0.39, 0.29) is 6.10 Å². The summed E-state index contributed by atoms with van der Waals surface area (Å²) in [6.07, 6.45) is 4.01. The van der Waals surface area contributed by atoms with Crippen LogP contribution in [0.15, 0.2) is 24.3 Å². The number of para-hydroxylation sites is 1. The second-order valence-corrected chi connectivity index (χ2v) is 4.75. The molecule has 0 aromatic heterocycles. The molecule has 0 atom stereocenters. The molecule has 1 aromatic rings. The molecule has 0 saturated heterocycles. The molecule has 2 rings (SSSR count). The Hall–Kier alpha value is -1.02. The predicted molar refractivity (Wildman–Crippen MR) is 66.9 cm³/mol. The van der Waals surface area contributed by atoms with Gasteiger partial charge in [0.1, 0.15) is 5.75 Å². The molecule has 2 heteroatoms. The van der Waals surface area contributed by atoms with Crippen molar-refractivity contribution < 1.29 is 4.74 Å². The highest BCUT2D eigenvalue weighted by Crippen LogP contribution is 2.21. The Morgan fingerprint density at radius 2 is 2.06 bits per heavy atom. The summed E-state index contributed by atoms with van der Waals surface area (Å²) in [6, 6.07) is 9.13. The van der Waals surface area contributed by atoms with Crippen LogP contribution >= 0.6 is 0 Å². The Labute approximate surface area is 98.0 Å². The summed E-state index contributed by atoms with van der Waals surface area (Å²) in [6.45, 7) is 5.20. The molecule has 0 radical (unpaired) electrons. The fourth-order valence-electron chi connectivity index (χ4n) is 1.78. The third-order valence-corrected chi connectivity index (χ3v) is 2.74. The fraction of sp³-hybridized carbons (Fsp3) is 0.571. The molecule has 0 aliphatic heterocycles. The van der Waals surface area contributed by atoms with Crippen LogP contribution in [0.25, 0.3) is 0 Å². The van der Waals surface area contributed by atoms with E-state index in [4.69, 9.17) is 4.74 Å². The number of hydrogen-bond acceptors (Lipinski definition) is 2. The normalized spacial score (nSPS) is 15.4. The highest BCUT2D eigenvalue weighted by molar-refractivity contribution is 5.33. The van der Waals surface area contributed by atoms with Gasteiger partial charge in [0.05, 0.1) is 6.10 Å². The molecular weight excluding hydrogens is 198 g/mol. The van der Waals surface area contributed by atoms with Crippen LogP contribution in [-0.4, -0.2) is 18.7 Å². The first-order valence-electron chi connectivity index (χ1n) is 6.23. The molecular formula is C14H21NO. The van der Waals surface area contributed by atoms with E-state index in [1.165, 1.54) is 18.4 Å². The molecule has 88 valence electrons. The number of hydrogen-bond donors (Lipinski definition) is 1. The first-order valence-corrected chi connectivity index (χ1v) is 6.23. The van der Waals surface area contributed by atoms with Gasteiger partial charge < -0.3 is 10.1 Å². The van der Waals surface area contributed by atoms with Gasteiger partial charge in [0, 0.05) is 6.04 Å². The predicted octanol–water partition coefficient (Wildman–Crippen LogP) is 2.77. The van der Waals surface area contributed by atoms with E-state index in [0.717, 1.165) is 24.8 Å². The van der Waals surface area contributed by atoms with E-state index < -0.39 is 0 Å². The van der Waals surface area contributed by atoms with Gasteiger partial charge in [-0.1, -0.05) is 18.2 Å². The van der Waals surface area contributed by atoms with Crippen molar-refractivity contribution in [2.75, 3.05) is 6.54 Å². The first kappa shape index (κ1) is 11.5. The lowest BCUT2D eigenvalue weighted by Crippen LogP contribution is -2.19. The van der Waals surface area contributed by atoms with E-state index in [9.17, 15) is 0 Å². The summed E-state index contributed by atoms with van der Waals surface area (Å²) in [4.78, 5) is 0. The number of ether oxygens (including phenoxy) is 1. The average molecular weight is 219 g/mol. The fourth-order valence-corrected chi connectivity index (χ4v) is 1.78. The van der Waals surface area contributed by atoms with Crippen LogP contribution in [0, 0.1) is 0 Å². The Balaban J connectivity index is 1.89. The molecule has 2 nitrogen and oxygen atoms in total. The molecule has 1 fully saturated rings. The van der Waals surface area contributed by atoms with Crippen molar-refractivity contribution in [1.82, 2.24) is 5.32 Å². The Kier molecular flexibility index (Phi) is 3.83. The van der Waals surface area contributed by atoms with Gasteiger partial charge in [0.15, 0.2) is 0 Å². The van der Waals surface area contributed by atoms with Gasteiger partial charge in [-0.25, -0.2) is 0 Å². The van der Waals surface area contributed by atoms with Crippen molar-refractivity contribution in [2.45, 2.75) is 45.3 Å². The highest BCUT2D eigenvalue weighted by Gasteiger charge is 2.19. The number of benzene rings is 1. The molecule has 1 aliphatic rings. The molecule has 1 aromatic carbocycles. The van der Waals surface area contributed by atoms with Crippen LogP contribution < -0.4 is 10.1 Å². The molecule has 1 aliphatic carbocycles. The molecule has 0 spiro atoms. The third kappa shape index (κ3) is 3.53. The van der Waals surface area contributed by atoms with E-state index in [2.05, 4.69) is 37.4 Å². The molecule has 0 amide bonds. The van der Waals surface area contributed by atoms with E-state index in [1.807, 2.05) is 6.07 Å². The largest absolute Gasteiger partial charge is 0.491 e. The van der Waals surface area contributed by atoms with E-state index >= 15 is 0 Å². The average Bonchev–Trinajstić information content (AvgIpc) is 3.04. The minimum Gasteiger partial charge on any atom is -0.491 e. The lowest BCUT2D eigenvalue weighted by molar-refractivity contribution is 0.240. The standard InChI is InChI=1S/C14H21NO/c1-11(2)16-14-6-4-3-5-12(14)9-10-15-13-7-8-13/h3-6,11,13,15H,7-10H2,1-2H3. The monoisotopic (exact) mass is 219 g/mol. The lowest BCUT2D eigenvalue weighted by atomic mass is 10.1. The van der Waals surface area contributed by atoms with Gasteiger partial charge in [-0.15, -0.1) is 0 Å². The van der Waals surface area contributed by atoms with Crippen molar-refractivity contribution >= 4 is 0 Å². The topological polar surface area (TPSA) is 21.3 Å². The highest BCUT2D eigenvalue weighted by atomic mass is 16.5. The van der Waals surface area contributed by atoms with Crippen LogP contribution in [0.3, 0.4) is 0 Å². The van der Waals surface area contributed by atoms with Gasteiger partial charge in [0.25, 0.3) is 0 Å². The summed E-state index contributed by atoms with van der Waals surface area (Å²) in [5, 5.41) is 3.53. The Morgan fingerprint density at radius 1 is 1.31 bits per heavy atom. The van der Waals surface area contributed by atoms with Crippen LogP contribution in [0.5, 0.6) is 5.75 Å². The second kappa shape index (κ2) is 5.35.